The fourth-order valence-electron chi connectivity index (χ4n) is 2.97. The molecular weight excluding hydrogens is 322 g/mol. The molecule has 9 nitrogen and oxygen atoms in total. The predicted octanol–water partition coefficient (Wildman–Crippen LogP) is 0.276. The molecule has 3 rings (SSSR count). The topological polar surface area (TPSA) is 101 Å². The number of hydrogen-bond donors (Lipinski definition) is 2. The molecule has 1 amide bonds. The van der Waals surface area contributed by atoms with Crippen molar-refractivity contribution in [2.45, 2.75) is 45.5 Å². The molecule has 0 bridgehead atoms. The van der Waals surface area contributed by atoms with Gasteiger partial charge >= 0.3 is 0 Å². The molecule has 2 aromatic rings. The van der Waals surface area contributed by atoms with Crippen LogP contribution in [0.2, 0.25) is 0 Å². The summed E-state index contributed by atoms with van der Waals surface area (Å²) in [7, 11) is 0. The van der Waals surface area contributed by atoms with Gasteiger partial charge in [0.1, 0.15) is 11.9 Å². The summed E-state index contributed by atoms with van der Waals surface area (Å²) < 4.78 is 7.71. The van der Waals surface area contributed by atoms with E-state index in [4.69, 9.17) is 4.74 Å². The van der Waals surface area contributed by atoms with E-state index in [9.17, 15) is 4.79 Å². The monoisotopic (exact) mass is 347 g/mol. The van der Waals surface area contributed by atoms with E-state index < -0.39 is 0 Å². The third-order valence-electron chi connectivity index (χ3n) is 4.36. The number of H-pyrrole nitrogens is 1. The first kappa shape index (κ1) is 17.6. The number of ether oxygens (including phenoxy) is 1. The van der Waals surface area contributed by atoms with Gasteiger partial charge in [-0.05, 0) is 20.8 Å². The zero-order valence-corrected chi connectivity index (χ0v) is 14.8. The molecule has 0 radical (unpaired) electrons. The fourth-order valence-corrected chi connectivity index (χ4v) is 2.97. The van der Waals surface area contributed by atoms with Crippen LogP contribution in [0.3, 0.4) is 0 Å². The highest BCUT2D eigenvalue weighted by molar-refractivity contribution is 5.81. The number of imidazole rings is 1. The molecule has 1 saturated heterocycles. The zero-order chi connectivity index (χ0) is 17.8. The van der Waals surface area contributed by atoms with Crippen LogP contribution in [0.5, 0.6) is 0 Å². The Hall–Kier alpha value is -2.26. The van der Waals surface area contributed by atoms with Crippen molar-refractivity contribution >= 4 is 5.91 Å². The lowest BCUT2D eigenvalue weighted by Gasteiger charge is -2.35. The van der Waals surface area contributed by atoms with E-state index >= 15 is 0 Å². The van der Waals surface area contributed by atoms with Gasteiger partial charge in [0.05, 0.1) is 19.0 Å². The molecule has 2 aromatic heterocycles. The lowest BCUT2D eigenvalue weighted by Crippen LogP contribution is -2.52. The standard InChI is InChI=1S/C16H25N7O2/c1-11(8-22-5-4-17-10-22)18-16(24)12(2)23-6-7-25-14(9-23)15-19-13(3)20-21-15/h4-5,10-12,14H,6-9H2,1-3H3,(H,18,24)(H,19,20,21)/t11-,12-,14-/m0/s1. The maximum atomic E-state index is 12.6. The summed E-state index contributed by atoms with van der Waals surface area (Å²) in [5.74, 6) is 1.41. The number of carbonyl (C=O) groups is 1. The molecule has 2 N–H and O–H groups in total. The maximum Gasteiger partial charge on any atom is 0.237 e. The minimum Gasteiger partial charge on any atom is -0.367 e. The second-order valence-electron chi connectivity index (χ2n) is 6.48. The van der Waals surface area contributed by atoms with Gasteiger partial charge in [-0.25, -0.2) is 9.97 Å². The van der Waals surface area contributed by atoms with Crippen molar-refractivity contribution in [3.05, 3.63) is 30.4 Å². The Labute approximate surface area is 146 Å². The molecule has 1 aliphatic rings. The minimum atomic E-state index is -0.239. The predicted molar refractivity (Wildman–Crippen MR) is 90.7 cm³/mol. The molecule has 0 unspecified atom stereocenters. The van der Waals surface area contributed by atoms with Gasteiger partial charge in [0.2, 0.25) is 5.91 Å². The van der Waals surface area contributed by atoms with Gasteiger partial charge < -0.3 is 14.6 Å². The Morgan fingerprint density at radius 2 is 2.36 bits per heavy atom. The average molecular weight is 347 g/mol. The van der Waals surface area contributed by atoms with E-state index in [-0.39, 0.29) is 24.1 Å². The molecule has 0 spiro atoms. The number of nitrogens with zero attached hydrogens (tertiary/aromatic N) is 5. The van der Waals surface area contributed by atoms with E-state index in [1.807, 2.05) is 31.5 Å². The first-order chi connectivity index (χ1) is 12.0. The number of aromatic amines is 1. The molecule has 0 saturated carbocycles. The summed E-state index contributed by atoms with van der Waals surface area (Å²) in [6, 6.07) is -0.215. The smallest absolute Gasteiger partial charge is 0.237 e. The van der Waals surface area contributed by atoms with Crippen LogP contribution in [0, 0.1) is 6.92 Å². The highest BCUT2D eigenvalue weighted by Gasteiger charge is 2.30. The van der Waals surface area contributed by atoms with Crippen LogP contribution in [-0.2, 0) is 16.1 Å². The molecule has 136 valence electrons. The van der Waals surface area contributed by atoms with Gasteiger partial charge in [-0.15, -0.1) is 0 Å². The molecule has 9 heteroatoms. The quantitative estimate of drug-likeness (QED) is 0.778. The second-order valence-corrected chi connectivity index (χ2v) is 6.48. The normalized spacial score (nSPS) is 21.0. The molecule has 1 fully saturated rings. The van der Waals surface area contributed by atoms with Crippen LogP contribution in [-0.4, -0.2) is 67.3 Å². The van der Waals surface area contributed by atoms with Crippen molar-refractivity contribution in [2.24, 2.45) is 0 Å². The highest BCUT2D eigenvalue weighted by atomic mass is 16.5. The van der Waals surface area contributed by atoms with Crippen LogP contribution in [0.25, 0.3) is 0 Å². The van der Waals surface area contributed by atoms with Crippen molar-refractivity contribution in [1.82, 2.24) is 34.9 Å². The van der Waals surface area contributed by atoms with Gasteiger partial charge in [0.25, 0.3) is 0 Å². The third kappa shape index (κ3) is 4.43. The van der Waals surface area contributed by atoms with E-state index in [1.165, 1.54) is 0 Å². The molecule has 0 aliphatic carbocycles. The summed E-state index contributed by atoms with van der Waals surface area (Å²) in [6.07, 6.45) is 5.16. The lowest BCUT2D eigenvalue weighted by molar-refractivity contribution is -0.130. The van der Waals surface area contributed by atoms with Gasteiger partial charge in [-0.3, -0.25) is 14.8 Å². The van der Waals surface area contributed by atoms with Gasteiger partial charge in [0, 0.05) is 38.1 Å². The number of rotatable bonds is 6. The number of aryl methyl sites for hydroxylation is 1. The number of amides is 1. The highest BCUT2D eigenvalue weighted by Crippen LogP contribution is 2.20. The molecule has 1 aliphatic heterocycles. The maximum absolute atomic E-state index is 12.6. The summed E-state index contributed by atoms with van der Waals surface area (Å²) in [4.78, 5) is 23.0. The molecule has 3 atom stereocenters. The Kier molecular flexibility index (Phi) is 5.44. The van der Waals surface area contributed by atoms with Gasteiger partial charge in [-0.1, -0.05) is 0 Å². The van der Waals surface area contributed by atoms with E-state index in [0.717, 1.165) is 5.82 Å². The largest absolute Gasteiger partial charge is 0.367 e. The van der Waals surface area contributed by atoms with Crippen molar-refractivity contribution in [3.63, 3.8) is 0 Å². The first-order valence-electron chi connectivity index (χ1n) is 8.53. The van der Waals surface area contributed by atoms with Crippen LogP contribution in [0.1, 0.15) is 31.6 Å². The number of hydrogen-bond acceptors (Lipinski definition) is 6. The average Bonchev–Trinajstić information content (AvgIpc) is 3.25. The van der Waals surface area contributed by atoms with Gasteiger partial charge in [0.15, 0.2) is 5.82 Å². The molecule has 0 aromatic carbocycles. The Morgan fingerprint density at radius 3 is 3.04 bits per heavy atom. The SMILES string of the molecule is Cc1nc([C@@H]2CN([C@@H](C)C(=O)N[C@@H](C)Cn3ccnc3)CCO2)n[nH]1. The van der Waals surface area contributed by atoms with Crippen molar-refractivity contribution < 1.29 is 9.53 Å². The number of aromatic nitrogens is 5. The zero-order valence-electron chi connectivity index (χ0n) is 14.8. The minimum absolute atomic E-state index is 0.0134. The van der Waals surface area contributed by atoms with Crippen molar-refractivity contribution in [3.8, 4) is 0 Å². The van der Waals surface area contributed by atoms with E-state index in [0.29, 0.717) is 32.1 Å². The first-order valence-corrected chi connectivity index (χ1v) is 8.53. The Morgan fingerprint density at radius 1 is 1.52 bits per heavy atom. The van der Waals surface area contributed by atoms with Crippen LogP contribution in [0.4, 0.5) is 0 Å². The molecular formula is C16H25N7O2. The Balaban J connectivity index is 1.54. The molecule has 3 heterocycles. The van der Waals surface area contributed by atoms with E-state index in [1.54, 1.807) is 12.5 Å². The summed E-state index contributed by atoms with van der Waals surface area (Å²) in [5, 5.41) is 10.1. The summed E-state index contributed by atoms with van der Waals surface area (Å²) >= 11 is 0. The second kappa shape index (κ2) is 7.75. The fraction of sp³-hybridized carbons (Fsp3) is 0.625. The third-order valence-corrected chi connectivity index (χ3v) is 4.36. The number of nitrogens with one attached hydrogen (secondary N) is 2. The number of morpholine rings is 1. The lowest BCUT2D eigenvalue weighted by atomic mass is 10.2. The number of carbonyl (C=O) groups excluding carboxylic acids is 1. The summed E-state index contributed by atoms with van der Waals surface area (Å²) in [6.45, 7) is 8.33. The summed E-state index contributed by atoms with van der Waals surface area (Å²) in [5.41, 5.74) is 0. The van der Waals surface area contributed by atoms with Gasteiger partial charge in [-0.2, -0.15) is 5.10 Å². The van der Waals surface area contributed by atoms with Crippen molar-refractivity contribution in [1.29, 1.82) is 0 Å². The van der Waals surface area contributed by atoms with Crippen LogP contribution in [0.15, 0.2) is 18.7 Å². The molecule has 25 heavy (non-hydrogen) atoms. The van der Waals surface area contributed by atoms with Crippen LogP contribution >= 0.6 is 0 Å². The van der Waals surface area contributed by atoms with Crippen LogP contribution < -0.4 is 5.32 Å². The van der Waals surface area contributed by atoms with Crippen molar-refractivity contribution in [2.75, 3.05) is 19.7 Å². The van der Waals surface area contributed by atoms with E-state index in [2.05, 4.69) is 30.4 Å². The Bertz CT molecular complexity index is 684.